The van der Waals surface area contributed by atoms with Gasteiger partial charge in [-0.2, -0.15) is 0 Å². The molecule has 0 saturated carbocycles. The second-order valence-corrected chi connectivity index (χ2v) is 3.48. The summed E-state index contributed by atoms with van der Waals surface area (Å²) in [6.07, 6.45) is 0.215. The molecule has 0 amide bonds. The van der Waals surface area contributed by atoms with Crippen LogP contribution in [0.1, 0.15) is 11.9 Å². The molecule has 1 saturated heterocycles. The Morgan fingerprint density at radius 1 is 1.33 bits per heavy atom. The van der Waals surface area contributed by atoms with Gasteiger partial charge in [-0.3, -0.25) is 0 Å². The van der Waals surface area contributed by atoms with E-state index in [1.165, 1.54) is 0 Å². The maximum absolute atomic E-state index is 9.51. The Bertz CT molecular complexity index is 323. The average Bonchev–Trinajstić information content (AvgIpc) is 2.31. The van der Waals surface area contributed by atoms with Crippen molar-refractivity contribution in [3.63, 3.8) is 0 Å². The fourth-order valence-electron chi connectivity index (χ4n) is 1.55. The molecule has 3 atom stereocenters. The van der Waals surface area contributed by atoms with Gasteiger partial charge in [0.25, 0.3) is 0 Å². The molecule has 0 bridgehead atoms. The van der Waals surface area contributed by atoms with E-state index in [1.54, 1.807) is 6.08 Å². The summed E-state index contributed by atoms with van der Waals surface area (Å²) in [4.78, 5) is 0. The molecule has 0 aromatic heterocycles. The fourth-order valence-corrected chi connectivity index (χ4v) is 1.55. The van der Waals surface area contributed by atoms with Crippen LogP contribution in [0.25, 0.3) is 0 Å². The highest BCUT2D eigenvalue weighted by Crippen LogP contribution is 2.26. The Morgan fingerprint density at radius 3 is 2.73 bits per heavy atom. The van der Waals surface area contributed by atoms with Crippen LogP contribution in [-0.2, 0) is 9.47 Å². The third kappa shape index (κ3) is 2.26. The molecule has 15 heavy (non-hydrogen) atoms. The summed E-state index contributed by atoms with van der Waals surface area (Å²) >= 11 is 0. The quantitative estimate of drug-likeness (QED) is 0.748. The lowest BCUT2D eigenvalue weighted by Gasteiger charge is -2.32. The molecule has 0 aliphatic carbocycles. The van der Waals surface area contributed by atoms with Gasteiger partial charge in [0.2, 0.25) is 0 Å². The van der Waals surface area contributed by atoms with Gasteiger partial charge >= 0.3 is 0 Å². The zero-order chi connectivity index (χ0) is 10.7. The molecule has 1 fully saturated rings. The Balaban J connectivity index is 2.09. The zero-order valence-electron chi connectivity index (χ0n) is 8.37. The largest absolute Gasteiger partial charge is 0.388 e. The molecule has 0 spiro atoms. The number of hydrogen-bond donors (Lipinski definition) is 1. The van der Waals surface area contributed by atoms with Crippen LogP contribution in [0.5, 0.6) is 0 Å². The highest BCUT2D eigenvalue weighted by Gasteiger charge is 2.29. The van der Waals surface area contributed by atoms with Crippen LogP contribution in [0, 0.1) is 0 Å². The van der Waals surface area contributed by atoms with Crippen LogP contribution in [0.2, 0.25) is 0 Å². The molecule has 0 radical (unpaired) electrons. The van der Waals surface area contributed by atoms with Gasteiger partial charge in [-0.15, -0.1) is 6.58 Å². The highest BCUT2D eigenvalue weighted by molar-refractivity contribution is 5.16. The molecular formula is C12H14O3. The predicted octanol–water partition coefficient (Wildman–Crippen LogP) is 1.65. The minimum absolute atomic E-state index is 0.274. The molecule has 1 unspecified atom stereocenters. The van der Waals surface area contributed by atoms with E-state index in [9.17, 15) is 5.11 Å². The first kappa shape index (κ1) is 10.4. The number of rotatable bonds is 2. The number of benzene rings is 1. The van der Waals surface area contributed by atoms with E-state index in [-0.39, 0.29) is 12.7 Å². The Hall–Kier alpha value is -1.16. The predicted molar refractivity (Wildman–Crippen MR) is 56.2 cm³/mol. The Morgan fingerprint density at radius 2 is 2.07 bits per heavy atom. The first-order chi connectivity index (χ1) is 7.31. The SMILES string of the molecule is C=CC1O[C@@H](c2ccccc2)OC[C@H]1O. The molecule has 80 valence electrons. The van der Waals surface area contributed by atoms with Crippen LogP contribution in [0.4, 0.5) is 0 Å². The smallest absolute Gasteiger partial charge is 0.184 e. The van der Waals surface area contributed by atoms with Crippen LogP contribution in [0.3, 0.4) is 0 Å². The molecule has 1 aromatic rings. The fraction of sp³-hybridized carbons (Fsp3) is 0.333. The number of aliphatic hydroxyl groups is 1. The van der Waals surface area contributed by atoms with E-state index in [1.807, 2.05) is 30.3 Å². The number of ether oxygens (including phenoxy) is 2. The van der Waals surface area contributed by atoms with E-state index < -0.39 is 12.4 Å². The van der Waals surface area contributed by atoms with Crippen molar-refractivity contribution in [3.05, 3.63) is 48.6 Å². The van der Waals surface area contributed by atoms with Gasteiger partial charge < -0.3 is 14.6 Å². The summed E-state index contributed by atoms with van der Waals surface area (Å²) in [5.41, 5.74) is 0.955. The molecule has 1 heterocycles. The third-order valence-corrected chi connectivity index (χ3v) is 2.38. The number of aliphatic hydroxyl groups excluding tert-OH is 1. The van der Waals surface area contributed by atoms with E-state index in [4.69, 9.17) is 9.47 Å². The van der Waals surface area contributed by atoms with Crippen molar-refractivity contribution in [2.45, 2.75) is 18.5 Å². The normalized spacial score (nSPS) is 31.1. The summed E-state index contributed by atoms with van der Waals surface area (Å²) in [6.45, 7) is 3.90. The van der Waals surface area contributed by atoms with Gasteiger partial charge in [0, 0.05) is 5.56 Å². The van der Waals surface area contributed by atoms with Gasteiger partial charge in [-0.1, -0.05) is 36.4 Å². The van der Waals surface area contributed by atoms with E-state index >= 15 is 0 Å². The molecule has 1 N–H and O–H groups in total. The second-order valence-electron chi connectivity index (χ2n) is 3.48. The van der Waals surface area contributed by atoms with Crippen LogP contribution in [-0.4, -0.2) is 23.9 Å². The molecule has 1 aliphatic rings. The van der Waals surface area contributed by atoms with Crippen LogP contribution >= 0.6 is 0 Å². The van der Waals surface area contributed by atoms with Gasteiger partial charge in [-0.05, 0) is 0 Å². The molecule has 3 heteroatoms. The Kier molecular flexibility index (Phi) is 3.16. The maximum atomic E-state index is 9.51. The van der Waals surface area contributed by atoms with Crippen molar-refractivity contribution in [2.24, 2.45) is 0 Å². The summed E-state index contributed by atoms with van der Waals surface area (Å²) in [5, 5.41) is 9.51. The third-order valence-electron chi connectivity index (χ3n) is 2.38. The van der Waals surface area contributed by atoms with Crippen molar-refractivity contribution >= 4 is 0 Å². The summed E-state index contributed by atoms with van der Waals surface area (Å²) in [6, 6.07) is 9.66. The molecular weight excluding hydrogens is 192 g/mol. The van der Waals surface area contributed by atoms with Crippen molar-refractivity contribution < 1.29 is 14.6 Å². The van der Waals surface area contributed by atoms with Gasteiger partial charge in [0.1, 0.15) is 12.2 Å². The van der Waals surface area contributed by atoms with Gasteiger partial charge in [0.15, 0.2) is 6.29 Å². The first-order valence-electron chi connectivity index (χ1n) is 4.94. The topological polar surface area (TPSA) is 38.7 Å². The minimum atomic E-state index is -0.623. The van der Waals surface area contributed by atoms with Crippen molar-refractivity contribution in [2.75, 3.05) is 6.61 Å². The lowest BCUT2D eigenvalue weighted by Crippen LogP contribution is -2.38. The van der Waals surface area contributed by atoms with Crippen molar-refractivity contribution in [3.8, 4) is 0 Å². The van der Waals surface area contributed by atoms with Crippen LogP contribution in [0.15, 0.2) is 43.0 Å². The molecule has 1 aromatic carbocycles. The lowest BCUT2D eigenvalue weighted by atomic mass is 10.1. The highest BCUT2D eigenvalue weighted by atomic mass is 16.7. The average molecular weight is 206 g/mol. The summed E-state index contributed by atoms with van der Waals surface area (Å²) in [7, 11) is 0. The summed E-state index contributed by atoms with van der Waals surface area (Å²) in [5.74, 6) is 0. The van der Waals surface area contributed by atoms with Gasteiger partial charge in [-0.25, -0.2) is 0 Å². The second kappa shape index (κ2) is 4.57. The van der Waals surface area contributed by atoms with Gasteiger partial charge in [0.05, 0.1) is 6.61 Å². The lowest BCUT2D eigenvalue weighted by molar-refractivity contribution is -0.243. The number of hydrogen-bond acceptors (Lipinski definition) is 3. The van der Waals surface area contributed by atoms with Crippen molar-refractivity contribution in [1.82, 2.24) is 0 Å². The summed E-state index contributed by atoms with van der Waals surface area (Å²) < 4.78 is 10.9. The minimum Gasteiger partial charge on any atom is -0.388 e. The standard InChI is InChI=1S/C12H14O3/c1-2-11-10(13)8-14-12(15-11)9-6-4-3-5-7-9/h2-7,10-13H,1,8H2/t10-,11?,12+/m1/s1. The van der Waals surface area contributed by atoms with E-state index in [2.05, 4.69) is 6.58 Å². The first-order valence-corrected chi connectivity index (χ1v) is 4.94. The Labute approximate surface area is 88.9 Å². The maximum Gasteiger partial charge on any atom is 0.184 e. The molecule has 1 aliphatic heterocycles. The van der Waals surface area contributed by atoms with E-state index in [0.717, 1.165) is 5.56 Å². The van der Waals surface area contributed by atoms with Crippen LogP contribution < -0.4 is 0 Å². The molecule has 2 rings (SSSR count). The molecule has 3 nitrogen and oxygen atoms in total. The monoisotopic (exact) mass is 206 g/mol. The van der Waals surface area contributed by atoms with Crippen molar-refractivity contribution in [1.29, 1.82) is 0 Å². The van der Waals surface area contributed by atoms with E-state index in [0.29, 0.717) is 0 Å². The zero-order valence-corrected chi connectivity index (χ0v) is 8.37.